The van der Waals surface area contributed by atoms with Gasteiger partial charge in [-0.05, 0) is 40.0 Å². The Kier molecular flexibility index (Phi) is 2.16. The van der Waals surface area contributed by atoms with Gasteiger partial charge in [0.15, 0.2) is 0 Å². The van der Waals surface area contributed by atoms with Crippen molar-refractivity contribution >= 4 is 0 Å². The van der Waals surface area contributed by atoms with E-state index < -0.39 is 0 Å². The third-order valence-corrected chi connectivity index (χ3v) is 3.17. The summed E-state index contributed by atoms with van der Waals surface area (Å²) in [6, 6.07) is 0. The summed E-state index contributed by atoms with van der Waals surface area (Å²) in [5, 5.41) is 0. The Labute approximate surface area is 81.3 Å². The molecule has 3 fully saturated rings. The van der Waals surface area contributed by atoms with Crippen molar-refractivity contribution in [1.29, 1.82) is 0 Å². The van der Waals surface area contributed by atoms with Gasteiger partial charge in [-0.3, -0.25) is 0 Å². The maximum Gasteiger partial charge on any atom is 0.0726 e. The fourth-order valence-corrected chi connectivity index (χ4v) is 2.60. The average molecular weight is 183 g/mol. The normalized spacial score (nSPS) is 39.5. The third kappa shape index (κ3) is 2.05. The summed E-state index contributed by atoms with van der Waals surface area (Å²) in [5.41, 5.74) is 0.256. The molecule has 3 saturated heterocycles. The van der Waals surface area contributed by atoms with Crippen LogP contribution in [-0.4, -0.2) is 35.7 Å². The first-order valence-corrected chi connectivity index (χ1v) is 5.42. The highest BCUT2D eigenvalue weighted by Crippen LogP contribution is 2.37. The van der Waals surface area contributed by atoms with Gasteiger partial charge in [0.2, 0.25) is 0 Å². The highest BCUT2D eigenvalue weighted by Gasteiger charge is 2.42. The molecule has 0 spiro atoms. The molecular formula is C11H21NO. The fourth-order valence-electron chi connectivity index (χ4n) is 2.60. The van der Waals surface area contributed by atoms with E-state index in [0.29, 0.717) is 0 Å². The van der Waals surface area contributed by atoms with Crippen LogP contribution >= 0.6 is 0 Å². The molecule has 0 aromatic carbocycles. The number of ether oxygens (including phenoxy) is 1. The lowest BCUT2D eigenvalue weighted by atomic mass is 9.82. The average Bonchev–Trinajstić information content (AvgIpc) is 2.03. The predicted molar refractivity (Wildman–Crippen MR) is 53.9 cm³/mol. The highest BCUT2D eigenvalue weighted by atomic mass is 16.5. The SMILES string of the molecule is CC(C)(C)OC12CCN(CC1)CC2. The second-order valence-electron chi connectivity index (χ2n) is 5.49. The molecule has 3 aliphatic heterocycles. The summed E-state index contributed by atoms with van der Waals surface area (Å²) < 4.78 is 6.23. The lowest BCUT2D eigenvalue weighted by molar-refractivity contribution is -0.180. The molecule has 0 amide bonds. The number of fused-ring (bicyclic) bond motifs is 3. The molecule has 2 nitrogen and oxygen atoms in total. The van der Waals surface area contributed by atoms with Crippen molar-refractivity contribution in [2.75, 3.05) is 19.6 Å². The zero-order valence-electron chi connectivity index (χ0n) is 9.10. The Hall–Kier alpha value is -0.0800. The number of hydrogen-bond donors (Lipinski definition) is 0. The molecular weight excluding hydrogens is 162 g/mol. The fraction of sp³-hybridized carbons (Fsp3) is 1.00. The van der Waals surface area contributed by atoms with Crippen LogP contribution in [0, 0.1) is 0 Å². The van der Waals surface area contributed by atoms with E-state index >= 15 is 0 Å². The molecule has 13 heavy (non-hydrogen) atoms. The Balaban J connectivity index is 2.03. The van der Waals surface area contributed by atoms with E-state index in [9.17, 15) is 0 Å². The molecule has 3 heterocycles. The lowest BCUT2D eigenvalue weighted by Gasteiger charge is -2.50. The highest BCUT2D eigenvalue weighted by molar-refractivity contribution is 4.95. The summed E-state index contributed by atoms with van der Waals surface area (Å²) in [7, 11) is 0. The van der Waals surface area contributed by atoms with E-state index in [1.165, 1.54) is 38.9 Å². The summed E-state index contributed by atoms with van der Waals surface area (Å²) >= 11 is 0. The molecule has 2 heteroatoms. The zero-order valence-corrected chi connectivity index (χ0v) is 9.10. The maximum absolute atomic E-state index is 6.23. The van der Waals surface area contributed by atoms with Gasteiger partial charge in [0.25, 0.3) is 0 Å². The summed E-state index contributed by atoms with van der Waals surface area (Å²) in [5.74, 6) is 0. The van der Waals surface area contributed by atoms with Crippen LogP contribution in [0.3, 0.4) is 0 Å². The Morgan fingerprint density at radius 1 is 1.00 bits per heavy atom. The van der Waals surface area contributed by atoms with Gasteiger partial charge < -0.3 is 9.64 Å². The van der Waals surface area contributed by atoms with Crippen molar-refractivity contribution in [2.24, 2.45) is 0 Å². The van der Waals surface area contributed by atoms with Crippen LogP contribution in [0.1, 0.15) is 40.0 Å². The zero-order chi connectivity index (χ0) is 9.53. The standard InChI is InChI=1S/C11H21NO/c1-10(2,3)13-11-4-7-12(8-5-11)9-6-11/h4-9H2,1-3H3. The van der Waals surface area contributed by atoms with Crippen LogP contribution in [0.5, 0.6) is 0 Å². The summed E-state index contributed by atoms with van der Waals surface area (Å²) in [6.45, 7) is 10.2. The van der Waals surface area contributed by atoms with Crippen molar-refractivity contribution in [1.82, 2.24) is 4.90 Å². The minimum absolute atomic E-state index is 0.0273. The van der Waals surface area contributed by atoms with Gasteiger partial charge in [0.1, 0.15) is 0 Å². The van der Waals surface area contributed by atoms with E-state index in [-0.39, 0.29) is 11.2 Å². The van der Waals surface area contributed by atoms with Gasteiger partial charge in [-0.15, -0.1) is 0 Å². The molecule has 3 aliphatic rings. The van der Waals surface area contributed by atoms with Crippen LogP contribution in [0.25, 0.3) is 0 Å². The second kappa shape index (κ2) is 2.96. The molecule has 0 N–H and O–H groups in total. The molecule has 0 saturated carbocycles. The van der Waals surface area contributed by atoms with Crippen LogP contribution in [0.15, 0.2) is 0 Å². The summed E-state index contributed by atoms with van der Waals surface area (Å²) in [6.07, 6.45) is 3.72. The number of rotatable bonds is 1. The molecule has 3 rings (SSSR count). The number of piperidine rings is 3. The topological polar surface area (TPSA) is 12.5 Å². The van der Waals surface area contributed by atoms with Crippen LogP contribution in [0.4, 0.5) is 0 Å². The van der Waals surface area contributed by atoms with Gasteiger partial charge in [-0.2, -0.15) is 0 Å². The van der Waals surface area contributed by atoms with Gasteiger partial charge in [0, 0.05) is 19.6 Å². The lowest BCUT2D eigenvalue weighted by Crippen LogP contribution is -2.55. The second-order valence-corrected chi connectivity index (χ2v) is 5.49. The first kappa shape index (κ1) is 9.47. The molecule has 76 valence electrons. The number of nitrogens with zero attached hydrogens (tertiary/aromatic N) is 1. The van der Waals surface area contributed by atoms with Crippen LogP contribution in [0.2, 0.25) is 0 Å². The summed E-state index contributed by atoms with van der Waals surface area (Å²) in [4.78, 5) is 2.55. The van der Waals surface area contributed by atoms with Crippen molar-refractivity contribution in [2.45, 2.75) is 51.2 Å². The Morgan fingerprint density at radius 3 is 1.85 bits per heavy atom. The van der Waals surface area contributed by atoms with Crippen molar-refractivity contribution < 1.29 is 4.74 Å². The van der Waals surface area contributed by atoms with Gasteiger partial charge in [-0.1, -0.05) is 0 Å². The van der Waals surface area contributed by atoms with E-state index in [4.69, 9.17) is 4.74 Å². The minimum Gasteiger partial charge on any atom is -0.369 e. The first-order valence-electron chi connectivity index (χ1n) is 5.42. The van der Waals surface area contributed by atoms with Crippen molar-refractivity contribution in [3.63, 3.8) is 0 Å². The number of hydrogen-bond acceptors (Lipinski definition) is 2. The van der Waals surface area contributed by atoms with Crippen molar-refractivity contribution in [3.8, 4) is 0 Å². The molecule has 0 aromatic rings. The molecule has 2 bridgehead atoms. The first-order chi connectivity index (χ1) is 5.99. The van der Waals surface area contributed by atoms with Crippen LogP contribution < -0.4 is 0 Å². The van der Waals surface area contributed by atoms with E-state index in [2.05, 4.69) is 25.7 Å². The van der Waals surface area contributed by atoms with Crippen molar-refractivity contribution in [3.05, 3.63) is 0 Å². The Morgan fingerprint density at radius 2 is 1.46 bits per heavy atom. The molecule has 0 radical (unpaired) electrons. The van der Waals surface area contributed by atoms with E-state index in [1.54, 1.807) is 0 Å². The van der Waals surface area contributed by atoms with Gasteiger partial charge in [-0.25, -0.2) is 0 Å². The smallest absolute Gasteiger partial charge is 0.0726 e. The predicted octanol–water partition coefficient (Wildman–Crippen LogP) is 2.04. The third-order valence-electron chi connectivity index (χ3n) is 3.17. The maximum atomic E-state index is 6.23. The molecule has 0 aromatic heterocycles. The molecule has 0 aliphatic carbocycles. The van der Waals surface area contributed by atoms with Gasteiger partial charge in [0.05, 0.1) is 11.2 Å². The van der Waals surface area contributed by atoms with E-state index in [0.717, 1.165) is 0 Å². The molecule has 0 atom stereocenters. The Bertz CT molecular complexity index is 173. The molecule has 0 unspecified atom stereocenters. The van der Waals surface area contributed by atoms with Crippen LogP contribution in [-0.2, 0) is 4.74 Å². The van der Waals surface area contributed by atoms with Gasteiger partial charge >= 0.3 is 0 Å². The monoisotopic (exact) mass is 183 g/mol. The largest absolute Gasteiger partial charge is 0.369 e. The van der Waals surface area contributed by atoms with E-state index in [1.807, 2.05) is 0 Å². The minimum atomic E-state index is 0.0273. The quantitative estimate of drug-likeness (QED) is 0.617.